The summed E-state index contributed by atoms with van der Waals surface area (Å²) in [5, 5.41) is 0.107. The smallest absolute Gasteiger partial charge is 0.216 e. The van der Waals surface area contributed by atoms with E-state index in [0.717, 1.165) is 10.8 Å². The van der Waals surface area contributed by atoms with Gasteiger partial charge in [0.1, 0.15) is 6.73 Å². The first-order valence-electron chi connectivity index (χ1n) is 3.20. The highest BCUT2D eigenvalue weighted by Gasteiger charge is 2.05. The third kappa shape index (κ3) is 1.91. The molecule has 0 bridgehead atoms. The summed E-state index contributed by atoms with van der Waals surface area (Å²) in [5.41, 5.74) is 0. The molecule has 0 aromatic carbocycles. The normalized spacial score (nSPS) is 10.5. The second-order valence-corrected chi connectivity index (χ2v) is 2.24. The highest BCUT2D eigenvalue weighted by Crippen LogP contribution is 2.08. The molecule has 0 N–H and O–H groups in total. The van der Waals surface area contributed by atoms with Crippen LogP contribution in [0.3, 0.4) is 0 Å². The van der Waals surface area contributed by atoms with Gasteiger partial charge >= 0.3 is 0 Å². The lowest BCUT2D eigenvalue weighted by atomic mass is 10.8. The van der Waals surface area contributed by atoms with Crippen molar-refractivity contribution in [1.29, 1.82) is 0 Å². The Bertz CT molecular complexity index is 219. The summed E-state index contributed by atoms with van der Waals surface area (Å²) in [7, 11) is 0. The predicted molar refractivity (Wildman–Crippen MR) is 38.8 cm³/mol. The van der Waals surface area contributed by atoms with Crippen molar-refractivity contribution >= 4 is 11.6 Å². The third-order valence-electron chi connectivity index (χ3n) is 1.18. The zero-order chi connectivity index (χ0) is 8.27. The Kier molecular flexibility index (Phi) is 2.84. The number of hydrogen-bond donors (Lipinski definition) is 0. The van der Waals surface area contributed by atoms with Crippen LogP contribution >= 0.6 is 11.6 Å². The maximum atomic E-state index is 12.7. The summed E-state index contributed by atoms with van der Waals surface area (Å²) in [4.78, 5) is 3.54. The quantitative estimate of drug-likeness (QED) is 0.704. The van der Waals surface area contributed by atoms with Crippen molar-refractivity contribution in [2.45, 2.75) is 13.7 Å². The second-order valence-electron chi connectivity index (χ2n) is 1.90. The summed E-state index contributed by atoms with van der Waals surface area (Å²) in [5.74, 6) is -0.483. The van der Waals surface area contributed by atoms with Gasteiger partial charge in [-0.05, 0) is 18.5 Å². The van der Waals surface area contributed by atoms with Crippen LogP contribution in [0, 0.1) is 5.95 Å². The molecule has 11 heavy (non-hydrogen) atoms. The van der Waals surface area contributed by atoms with Crippen LogP contribution in [0.1, 0.15) is 6.92 Å². The Labute approximate surface area is 68.7 Å². The lowest BCUT2D eigenvalue weighted by Crippen LogP contribution is -2.04. The van der Waals surface area contributed by atoms with E-state index < -0.39 is 5.95 Å². The van der Waals surface area contributed by atoms with Gasteiger partial charge in [-0.15, -0.1) is 0 Å². The number of hydrogen-bond acceptors (Lipinski definition) is 2. The molecule has 0 aliphatic heterocycles. The average Bonchev–Trinajstić information content (AvgIpc) is 2.29. The number of imidazole rings is 1. The molecule has 0 amide bonds. The third-order valence-corrected chi connectivity index (χ3v) is 1.48. The predicted octanol–water partition coefficient (Wildman–Crippen LogP) is 1.67. The Hall–Kier alpha value is -0.610. The molecular weight excluding hydrogens is 171 g/mol. The van der Waals surface area contributed by atoms with Gasteiger partial charge in [-0.3, -0.25) is 4.57 Å². The number of nitrogens with zero attached hydrogens (tertiary/aromatic N) is 2. The van der Waals surface area contributed by atoms with Gasteiger partial charge in [0.05, 0.1) is 6.20 Å². The minimum Gasteiger partial charge on any atom is -0.361 e. The summed E-state index contributed by atoms with van der Waals surface area (Å²) in [6.07, 6.45) is 1.06. The fourth-order valence-electron chi connectivity index (χ4n) is 0.632. The summed E-state index contributed by atoms with van der Waals surface area (Å²) in [6, 6.07) is 0. The van der Waals surface area contributed by atoms with E-state index in [9.17, 15) is 4.39 Å². The van der Waals surface area contributed by atoms with Crippen LogP contribution in [-0.4, -0.2) is 16.2 Å². The number of aromatic nitrogens is 2. The molecule has 0 saturated carbocycles. The van der Waals surface area contributed by atoms with Gasteiger partial charge in [-0.1, -0.05) is 0 Å². The molecule has 3 nitrogen and oxygen atoms in total. The largest absolute Gasteiger partial charge is 0.361 e. The minimum absolute atomic E-state index is 0.107. The summed E-state index contributed by atoms with van der Waals surface area (Å²) >= 11 is 5.51. The molecule has 5 heteroatoms. The van der Waals surface area contributed by atoms with E-state index in [2.05, 4.69) is 4.98 Å². The fraction of sp³-hybridized carbons (Fsp3) is 0.500. The molecule has 0 fully saturated rings. The number of rotatable bonds is 3. The monoisotopic (exact) mass is 178 g/mol. The topological polar surface area (TPSA) is 27.1 Å². The van der Waals surface area contributed by atoms with Crippen molar-refractivity contribution in [3.05, 3.63) is 17.4 Å². The molecule has 1 rings (SSSR count). The molecule has 0 atom stereocenters. The standard InChI is InChI=1S/C6H8ClFN2O/c1-2-11-4-10-5(8)3-9-6(10)7/h3H,2,4H2,1H3. The van der Waals surface area contributed by atoms with Crippen molar-refractivity contribution in [1.82, 2.24) is 9.55 Å². The van der Waals surface area contributed by atoms with E-state index in [0.29, 0.717) is 6.61 Å². The van der Waals surface area contributed by atoms with Gasteiger partial charge in [-0.25, -0.2) is 4.98 Å². The van der Waals surface area contributed by atoms with Gasteiger partial charge in [0.15, 0.2) is 0 Å². The lowest BCUT2D eigenvalue weighted by molar-refractivity contribution is 0.0803. The van der Waals surface area contributed by atoms with Crippen LogP contribution in [0.25, 0.3) is 0 Å². The maximum absolute atomic E-state index is 12.7. The Morgan fingerprint density at radius 1 is 1.82 bits per heavy atom. The molecule has 62 valence electrons. The molecule has 0 unspecified atom stereocenters. The van der Waals surface area contributed by atoms with E-state index >= 15 is 0 Å². The van der Waals surface area contributed by atoms with Crippen molar-refractivity contribution in [3.8, 4) is 0 Å². The summed E-state index contributed by atoms with van der Waals surface area (Å²) < 4.78 is 18.8. The van der Waals surface area contributed by atoms with Gasteiger partial charge in [0.2, 0.25) is 11.2 Å². The summed E-state index contributed by atoms with van der Waals surface area (Å²) in [6.45, 7) is 2.46. The molecule has 1 aromatic rings. The highest BCUT2D eigenvalue weighted by atomic mass is 35.5. The second kappa shape index (κ2) is 3.69. The number of ether oxygens (including phenoxy) is 1. The van der Waals surface area contributed by atoms with Gasteiger partial charge < -0.3 is 4.74 Å². The zero-order valence-corrected chi connectivity index (χ0v) is 6.81. The Morgan fingerprint density at radius 3 is 3.00 bits per heavy atom. The molecule has 0 spiro atoms. The minimum atomic E-state index is -0.483. The van der Waals surface area contributed by atoms with Crippen LogP contribution in [0.4, 0.5) is 4.39 Å². The van der Waals surface area contributed by atoms with Crippen LogP contribution in [0.2, 0.25) is 5.28 Å². The van der Waals surface area contributed by atoms with E-state index in [4.69, 9.17) is 16.3 Å². The van der Waals surface area contributed by atoms with E-state index in [1.807, 2.05) is 6.92 Å². The molecule has 0 saturated heterocycles. The van der Waals surface area contributed by atoms with E-state index in [-0.39, 0.29) is 12.0 Å². The van der Waals surface area contributed by atoms with Crippen molar-refractivity contribution in [3.63, 3.8) is 0 Å². The van der Waals surface area contributed by atoms with Crippen molar-refractivity contribution in [2.24, 2.45) is 0 Å². The van der Waals surface area contributed by atoms with Crippen LogP contribution in [0.15, 0.2) is 6.20 Å². The van der Waals surface area contributed by atoms with E-state index in [1.165, 1.54) is 0 Å². The molecule has 1 heterocycles. The Morgan fingerprint density at radius 2 is 2.55 bits per heavy atom. The molecule has 0 aliphatic carbocycles. The lowest BCUT2D eigenvalue weighted by Gasteiger charge is -2.02. The van der Waals surface area contributed by atoms with Crippen LogP contribution in [-0.2, 0) is 11.5 Å². The van der Waals surface area contributed by atoms with Gasteiger partial charge in [0, 0.05) is 6.61 Å². The Balaban J connectivity index is 2.67. The maximum Gasteiger partial charge on any atom is 0.216 e. The first-order valence-corrected chi connectivity index (χ1v) is 3.57. The molecule has 0 radical (unpaired) electrons. The van der Waals surface area contributed by atoms with Gasteiger partial charge in [-0.2, -0.15) is 4.39 Å². The average molecular weight is 179 g/mol. The highest BCUT2D eigenvalue weighted by molar-refractivity contribution is 6.28. The zero-order valence-electron chi connectivity index (χ0n) is 6.05. The molecule has 1 aromatic heterocycles. The first-order chi connectivity index (χ1) is 5.25. The van der Waals surface area contributed by atoms with Crippen LogP contribution < -0.4 is 0 Å². The fourth-order valence-corrected chi connectivity index (χ4v) is 0.810. The van der Waals surface area contributed by atoms with Crippen LogP contribution in [0.5, 0.6) is 0 Å². The number of halogens is 2. The van der Waals surface area contributed by atoms with E-state index in [1.54, 1.807) is 0 Å². The molecular formula is C6H8ClFN2O. The van der Waals surface area contributed by atoms with Crippen molar-refractivity contribution in [2.75, 3.05) is 6.61 Å². The van der Waals surface area contributed by atoms with Gasteiger partial charge in [0.25, 0.3) is 0 Å². The first kappa shape index (κ1) is 8.49. The molecule has 0 aliphatic rings. The van der Waals surface area contributed by atoms with Crippen molar-refractivity contribution < 1.29 is 9.13 Å². The SMILES string of the molecule is CCOCn1c(F)cnc1Cl.